The van der Waals surface area contributed by atoms with Crippen molar-refractivity contribution in [3.63, 3.8) is 0 Å². The van der Waals surface area contributed by atoms with Gasteiger partial charge in [0.2, 0.25) is 5.91 Å². The number of hydrogen-bond donors (Lipinski definition) is 1. The first-order valence-corrected chi connectivity index (χ1v) is 18.9. The van der Waals surface area contributed by atoms with Crippen molar-refractivity contribution in [1.29, 1.82) is 0 Å². The molecule has 0 aliphatic carbocycles. The third-order valence-electron chi connectivity index (χ3n) is 10.9. The number of aromatic nitrogens is 1. The summed E-state index contributed by atoms with van der Waals surface area (Å²) in [5.41, 5.74) is 1.08. The normalized spacial score (nSPS) is 21.8. The molecular weight excluding hydrogens is 681 g/mol. The van der Waals surface area contributed by atoms with Gasteiger partial charge < -0.3 is 15.0 Å². The average Bonchev–Trinajstić information content (AvgIpc) is 3.32. The highest BCUT2D eigenvalue weighted by atomic mass is 35.5. The molecule has 0 radical (unpaired) electrons. The van der Waals surface area contributed by atoms with Crippen molar-refractivity contribution in [3.05, 3.63) is 93.2 Å². The van der Waals surface area contributed by atoms with E-state index in [1.165, 1.54) is 0 Å². The van der Waals surface area contributed by atoms with Gasteiger partial charge in [-0.15, -0.1) is 0 Å². The average molecular weight is 735 g/mol. The quantitative estimate of drug-likeness (QED) is 0.238. The van der Waals surface area contributed by atoms with Crippen LogP contribution in [0.1, 0.15) is 104 Å². The molecule has 2 aliphatic heterocycles. The van der Waals surface area contributed by atoms with Crippen LogP contribution in [0.5, 0.6) is 5.75 Å². The number of piperidine rings is 1. The highest BCUT2D eigenvalue weighted by Crippen LogP contribution is 2.54. The van der Waals surface area contributed by atoms with Crippen molar-refractivity contribution in [2.24, 2.45) is 16.8 Å². The third kappa shape index (κ3) is 7.78. The minimum Gasteiger partial charge on any atom is -0.493 e. The smallest absolute Gasteiger partial charge is 0.326 e. The Labute approximate surface area is 314 Å². The summed E-state index contributed by atoms with van der Waals surface area (Å²) in [6.07, 6.45) is 3.71. The topological polar surface area (TPSA) is 87.1 Å². The van der Waals surface area contributed by atoms with E-state index in [2.05, 4.69) is 53.8 Å². The Morgan fingerprint density at radius 1 is 0.961 bits per heavy atom. The number of amides is 3. The minimum atomic E-state index is -1.02. The van der Waals surface area contributed by atoms with Crippen molar-refractivity contribution in [2.75, 3.05) is 19.7 Å². The van der Waals surface area contributed by atoms with Gasteiger partial charge in [-0.2, -0.15) is 0 Å². The van der Waals surface area contributed by atoms with Crippen LogP contribution >= 0.6 is 23.2 Å². The lowest BCUT2D eigenvalue weighted by Crippen LogP contribution is -2.59. The molecule has 0 saturated carbocycles. The molecular formula is C41H53Cl2N5O3. The van der Waals surface area contributed by atoms with E-state index in [9.17, 15) is 4.79 Å². The molecule has 0 unspecified atom stereocenters. The molecule has 51 heavy (non-hydrogen) atoms. The second kappa shape index (κ2) is 15.2. The van der Waals surface area contributed by atoms with Crippen LogP contribution in [0, 0.1) is 11.8 Å². The van der Waals surface area contributed by atoms with Crippen LogP contribution < -0.4 is 10.1 Å². The SMILES string of the molecule is CCOc1cc(C(C)(C)C)ncc1C1=N[C@@](C)(c2ccc(Cl)cc2)[C@@](C)(c2ccc(Cl)cc2)N1C(=O)N1CCC(CC(=O)N[C@H](C)C(C)C)CC1. The second-order valence-electron chi connectivity index (χ2n) is 15.7. The molecule has 1 N–H and O–H groups in total. The van der Waals surface area contributed by atoms with Gasteiger partial charge in [-0.1, -0.05) is 82.1 Å². The van der Waals surface area contributed by atoms with E-state index in [1.807, 2.05) is 78.2 Å². The summed E-state index contributed by atoms with van der Waals surface area (Å²) < 4.78 is 6.29. The van der Waals surface area contributed by atoms with E-state index in [0.717, 1.165) is 29.7 Å². The first-order chi connectivity index (χ1) is 24.0. The number of amidine groups is 1. The molecule has 274 valence electrons. The summed E-state index contributed by atoms with van der Waals surface area (Å²) in [5.74, 6) is 1.73. The molecule has 3 aromatic rings. The zero-order valence-corrected chi connectivity index (χ0v) is 33.0. The molecule has 1 fully saturated rings. The lowest BCUT2D eigenvalue weighted by atomic mass is 9.71. The van der Waals surface area contributed by atoms with Crippen LogP contribution in [0.2, 0.25) is 10.0 Å². The fourth-order valence-electron chi connectivity index (χ4n) is 7.07. The van der Waals surface area contributed by atoms with Crippen LogP contribution in [0.25, 0.3) is 0 Å². The summed E-state index contributed by atoms with van der Waals surface area (Å²) in [6, 6.07) is 17.3. The molecule has 0 spiro atoms. The number of urea groups is 1. The van der Waals surface area contributed by atoms with Gasteiger partial charge in [0.1, 0.15) is 22.7 Å². The molecule has 10 heteroatoms. The van der Waals surface area contributed by atoms with Gasteiger partial charge in [0, 0.05) is 59.0 Å². The first-order valence-electron chi connectivity index (χ1n) is 18.1. The molecule has 3 amide bonds. The van der Waals surface area contributed by atoms with Gasteiger partial charge in [0.05, 0.1) is 12.2 Å². The summed E-state index contributed by atoms with van der Waals surface area (Å²) in [6.45, 7) is 20.1. The van der Waals surface area contributed by atoms with Crippen LogP contribution in [0.15, 0.2) is 65.8 Å². The number of nitrogens with zero attached hydrogens (tertiary/aromatic N) is 4. The van der Waals surface area contributed by atoms with E-state index in [1.54, 1.807) is 6.20 Å². The fourth-order valence-corrected chi connectivity index (χ4v) is 7.32. The fraction of sp³-hybridized carbons (Fsp3) is 0.512. The van der Waals surface area contributed by atoms with Gasteiger partial charge >= 0.3 is 6.03 Å². The molecule has 3 heterocycles. The van der Waals surface area contributed by atoms with Gasteiger partial charge in [-0.05, 0) is 87.8 Å². The van der Waals surface area contributed by atoms with Crippen molar-refractivity contribution < 1.29 is 14.3 Å². The van der Waals surface area contributed by atoms with Gasteiger partial charge in [0.15, 0.2) is 0 Å². The van der Waals surface area contributed by atoms with Crippen molar-refractivity contribution in [3.8, 4) is 5.75 Å². The Balaban J connectivity index is 1.61. The number of pyridine rings is 1. The largest absolute Gasteiger partial charge is 0.493 e. The standard InChI is InChI=1S/C41H53Cl2N5O3/c1-10-51-34-24-35(39(5,6)7)44-25-33(34)37-46-40(8,29-11-15-31(42)16-12-29)41(9,30-13-17-32(43)18-14-30)48(37)38(50)47-21-19-28(20-22-47)23-36(49)45-27(4)26(2)3/h11-18,24-28H,10,19-23H2,1-9H3,(H,45,49)/t27-,40+,41-/m1/s1. The third-order valence-corrected chi connectivity index (χ3v) is 11.4. The van der Waals surface area contributed by atoms with Gasteiger partial charge in [0.25, 0.3) is 0 Å². The number of nitrogens with one attached hydrogen (secondary N) is 1. The maximum atomic E-state index is 15.2. The number of benzene rings is 2. The van der Waals surface area contributed by atoms with Crippen molar-refractivity contribution >= 4 is 41.0 Å². The monoisotopic (exact) mass is 733 g/mol. The Hall–Kier alpha value is -3.62. The molecule has 1 aromatic heterocycles. The van der Waals surface area contributed by atoms with Crippen LogP contribution in [-0.4, -0.2) is 58.3 Å². The zero-order valence-electron chi connectivity index (χ0n) is 31.5. The summed E-state index contributed by atoms with van der Waals surface area (Å²) in [4.78, 5) is 42.3. The molecule has 0 bridgehead atoms. The van der Waals surface area contributed by atoms with E-state index >= 15 is 4.79 Å². The molecule has 5 rings (SSSR count). The molecule has 2 aromatic carbocycles. The second-order valence-corrected chi connectivity index (χ2v) is 16.6. The van der Waals surface area contributed by atoms with Gasteiger partial charge in [-0.25, -0.2) is 4.79 Å². The van der Waals surface area contributed by atoms with Crippen LogP contribution in [-0.2, 0) is 21.3 Å². The maximum Gasteiger partial charge on any atom is 0.326 e. The Morgan fingerprint density at radius 2 is 1.53 bits per heavy atom. The Bertz CT molecular complexity index is 1750. The first kappa shape index (κ1) is 38.6. The number of halogens is 2. The summed E-state index contributed by atoms with van der Waals surface area (Å²) in [7, 11) is 0. The number of carbonyl (C=O) groups excluding carboxylic acids is 2. The molecule has 3 atom stereocenters. The maximum absolute atomic E-state index is 15.2. The minimum absolute atomic E-state index is 0.0682. The Morgan fingerprint density at radius 3 is 2.06 bits per heavy atom. The molecule has 2 aliphatic rings. The molecule has 8 nitrogen and oxygen atoms in total. The zero-order chi connectivity index (χ0) is 37.3. The number of carbonyl (C=O) groups is 2. The van der Waals surface area contributed by atoms with Crippen molar-refractivity contribution in [1.82, 2.24) is 20.1 Å². The highest BCUT2D eigenvalue weighted by Gasteiger charge is 2.60. The number of rotatable bonds is 9. The van der Waals surface area contributed by atoms with E-state index < -0.39 is 11.1 Å². The van der Waals surface area contributed by atoms with Gasteiger partial charge in [-0.3, -0.25) is 19.7 Å². The van der Waals surface area contributed by atoms with E-state index in [0.29, 0.717) is 59.2 Å². The number of ether oxygens (including phenoxy) is 1. The predicted molar refractivity (Wildman–Crippen MR) is 207 cm³/mol. The molecule has 1 saturated heterocycles. The lowest BCUT2D eigenvalue weighted by Gasteiger charge is -2.47. The lowest BCUT2D eigenvalue weighted by molar-refractivity contribution is -0.123. The summed E-state index contributed by atoms with van der Waals surface area (Å²) in [5, 5.41) is 4.35. The highest BCUT2D eigenvalue weighted by molar-refractivity contribution is 6.30. The number of hydrogen-bond acceptors (Lipinski definition) is 5. The predicted octanol–water partition coefficient (Wildman–Crippen LogP) is 9.36. The van der Waals surface area contributed by atoms with E-state index in [-0.39, 0.29) is 29.3 Å². The number of aliphatic imine (C=N–C) groups is 1. The van der Waals surface area contributed by atoms with Crippen LogP contribution in [0.3, 0.4) is 0 Å². The number of likely N-dealkylation sites (tertiary alicyclic amines) is 1. The Kier molecular flexibility index (Phi) is 11.5. The van der Waals surface area contributed by atoms with Crippen molar-refractivity contribution in [2.45, 2.75) is 104 Å². The summed E-state index contributed by atoms with van der Waals surface area (Å²) >= 11 is 12.8. The van der Waals surface area contributed by atoms with E-state index in [4.69, 9.17) is 37.9 Å². The van der Waals surface area contributed by atoms with Crippen LogP contribution in [0.4, 0.5) is 4.79 Å².